The number of amides is 1. The summed E-state index contributed by atoms with van der Waals surface area (Å²) in [7, 11) is 0. The fourth-order valence-corrected chi connectivity index (χ4v) is 3.07. The second-order valence-electron chi connectivity index (χ2n) is 5.39. The zero-order valence-corrected chi connectivity index (χ0v) is 12.4. The van der Waals surface area contributed by atoms with Crippen LogP contribution in [0.5, 0.6) is 0 Å². The third kappa shape index (κ3) is 2.08. The number of carbonyl (C=O) groups excluding carboxylic acids is 1. The summed E-state index contributed by atoms with van der Waals surface area (Å²) in [5.74, 6) is 4.95. The van der Waals surface area contributed by atoms with Crippen molar-refractivity contribution in [2.45, 2.75) is 0 Å². The topological polar surface area (TPSA) is 60.0 Å². The van der Waals surface area contributed by atoms with E-state index in [-0.39, 0.29) is 5.91 Å². The summed E-state index contributed by atoms with van der Waals surface area (Å²) in [5.41, 5.74) is 5.87. The minimum Gasteiger partial charge on any atom is -0.309 e. The Morgan fingerprint density at radius 2 is 1.43 bits per heavy atom. The summed E-state index contributed by atoms with van der Waals surface area (Å²) in [4.78, 5) is 11.8. The van der Waals surface area contributed by atoms with Gasteiger partial charge in [0, 0.05) is 22.0 Å². The number of hydrogen-bond donors (Lipinski definition) is 2. The van der Waals surface area contributed by atoms with E-state index in [1.807, 2.05) is 42.5 Å². The van der Waals surface area contributed by atoms with Crippen molar-refractivity contribution in [3.05, 3.63) is 78.4 Å². The molecule has 23 heavy (non-hydrogen) atoms. The highest BCUT2D eigenvalue weighted by Crippen LogP contribution is 2.31. The summed E-state index contributed by atoms with van der Waals surface area (Å²) in [6, 6.07) is 24.0. The van der Waals surface area contributed by atoms with Crippen molar-refractivity contribution in [1.29, 1.82) is 0 Å². The number of rotatable bonds is 2. The number of fused-ring (bicyclic) bond motifs is 3. The number of hydrazine groups is 1. The molecule has 0 atom stereocenters. The van der Waals surface area contributed by atoms with Crippen molar-refractivity contribution >= 4 is 27.7 Å². The van der Waals surface area contributed by atoms with Crippen LogP contribution in [0, 0.1) is 0 Å². The van der Waals surface area contributed by atoms with Gasteiger partial charge in [-0.15, -0.1) is 0 Å². The summed E-state index contributed by atoms with van der Waals surface area (Å²) in [5, 5.41) is 2.38. The Hall–Kier alpha value is -3.11. The number of aromatic nitrogens is 1. The molecule has 1 amide bonds. The van der Waals surface area contributed by atoms with E-state index in [1.165, 1.54) is 10.8 Å². The molecule has 0 spiro atoms. The van der Waals surface area contributed by atoms with E-state index in [2.05, 4.69) is 34.3 Å². The van der Waals surface area contributed by atoms with E-state index in [0.717, 1.165) is 16.7 Å². The number of para-hydroxylation sites is 2. The normalized spacial score (nSPS) is 11.0. The highest BCUT2D eigenvalue weighted by atomic mass is 16.2. The molecule has 0 radical (unpaired) electrons. The molecule has 3 aromatic carbocycles. The van der Waals surface area contributed by atoms with Gasteiger partial charge in [-0.2, -0.15) is 0 Å². The Kier molecular flexibility index (Phi) is 3.10. The van der Waals surface area contributed by atoms with Crippen LogP contribution in [0.1, 0.15) is 10.4 Å². The summed E-state index contributed by atoms with van der Waals surface area (Å²) >= 11 is 0. The first-order valence-corrected chi connectivity index (χ1v) is 7.39. The molecule has 0 unspecified atom stereocenters. The lowest BCUT2D eigenvalue weighted by Crippen LogP contribution is -2.29. The van der Waals surface area contributed by atoms with Gasteiger partial charge in [-0.05, 0) is 30.3 Å². The maximum atomic E-state index is 11.8. The lowest BCUT2D eigenvalue weighted by Gasteiger charge is -2.09. The van der Waals surface area contributed by atoms with Crippen molar-refractivity contribution < 1.29 is 4.79 Å². The first kappa shape index (κ1) is 13.5. The first-order chi connectivity index (χ1) is 11.3. The molecule has 0 aliphatic carbocycles. The van der Waals surface area contributed by atoms with Crippen LogP contribution in [-0.4, -0.2) is 10.5 Å². The minimum absolute atomic E-state index is 0.299. The van der Waals surface area contributed by atoms with Gasteiger partial charge in [0.2, 0.25) is 0 Å². The van der Waals surface area contributed by atoms with E-state index >= 15 is 0 Å². The average molecular weight is 301 g/mol. The molecule has 0 bridgehead atoms. The molecule has 4 aromatic rings. The zero-order valence-electron chi connectivity index (χ0n) is 12.4. The highest BCUT2D eigenvalue weighted by Gasteiger charge is 2.12. The maximum absolute atomic E-state index is 11.8. The van der Waals surface area contributed by atoms with Gasteiger partial charge in [-0.3, -0.25) is 10.2 Å². The Morgan fingerprint density at radius 1 is 0.826 bits per heavy atom. The van der Waals surface area contributed by atoms with Crippen molar-refractivity contribution in [1.82, 2.24) is 9.99 Å². The zero-order chi connectivity index (χ0) is 15.8. The second kappa shape index (κ2) is 5.26. The molecule has 4 heteroatoms. The highest BCUT2D eigenvalue weighted by molar-refractivity contribution is 6.09. The van der Waals surface area contributed by atoms with Gasteiger partial charge < -0.3 is 4.57 Å². The lowest BCUT2D eigenvalue weighted by atomic mass is 10.2. The Balaban J connectivity index is 2.06. The fourth-order valence-electron chi connectivity index (χ4n) is 3.07. The van der Waals surface area contributed by atoms with Crippen LogP contribution in [0.2, 0.25) is 0 Å². The van der Waals surface area contributed by atoms with E-state index in [9.17, 15) is 4.79 Å². The molecule has 0 aliphatic heterocycles. The number of nitrogen functional groups attached to an aromatic ring is 1. The van der Waals surface area contributed by atoms with Crippen LogP contribution >= 0.6 is 0 Å². The van der Waals surface area contributed by atoms with E-state index in [0.29, 0.717) is 5.56 Å². The van der Waals surface area contributed by atoms with Gasteiger partial charge in [0.15, 0.2) is 0 Å². The molecule has 4 nitrogen and oxygen atoms in total. The molecule has 4 rings (SSSR count). The standard InChI is InChI=1S/C19H15N3O/c20-21-19(23)13-6-5-7-14(12-13)22-17-10-3-1-8-15(17)16-9-2-4-11-18(16)22/h1-12H,20H2,(H,21,23). The van der Waals surface area contributed by atoms with Crippen LogP contribution in [0.25, 0.3) is 27.5 Å². The number of nitrogens with one attached hydrogen (secondary N) is 1. The Bertz CT molecular complexity index is 980. The number of carbonyl (C=O) groups is 1. The van der Waals surface area contributed by atoms with Gasteiger partial charge in [0.25, 0.3) is 5.91 Å². The van der Waals surface area contributed by atoms with Crippen molar-refractivity contribution in [2.75, 3.05) is 0 Å². The maximum Gasteiger partial charge on any atom is 0.265 e. The molecule has 0 aliphatic rings. The van der Waals surface area contributed by atoms with Crippen molar-refractivity contribution in [3.8, 4) is 5.69 Å². The molecule has 1 aromatic heterocycles. The molecule has 3 N–H and O–H groups in total. The Morgan fingerprint density at radius 3 is 2.04 bits per heavy atom. The van der Waals surface area contributed by atoms with Crippen LogP contribution in [-0.2, 0) is 0 Å². The number of hydrogen-bond acceptors (Lipinski definition) is 2. The van der Waals surface area contributed by atoms with Gasteiger partial charge in [0.05, 0.1) is 11.0 Å². The SMILES string of the molecule is NNC(=O)c1cccc(-n2c3ccccc3c3ccccc32)c1. The molecule has 0 saturated carbocycles. The van der Waals surface area contributed by atoms with Crippen LogP contribution in [0.4, 0.5) is 0 Å². The van der Waals surface area contributed by atoms with Crippen LogP contribution in [0.3, 0.4) is 0 Å². The summed E-state index contributed by atoms with van der Waals surface area (Å²) in [6.45, 7) is 0. The molecule has 1 heterocycles. The van der Waals surface area contributed by atoms with Crippen LogP contribution < -0.4 is 11.3 Å². The molecule has 0 fully saturated rings. The summed E-state index contributed by atoms with van der Waals surface area (Å²) < 4.78 is 2.16. The van der Waals surface area contributed by atoms with Gasteiger partial charge >= 0.3 is 0 Å². The quantitative estimate of drug-likeness (QED) is 0.339. The number of benzene rings is 3. The monoisotopic (exact) mass is 301 g/mol. The smallest absolute Gasteiger partial charge is 0.265 e. The lowest BCUT2D eigenvalue weighted by molar-refractivity contribution is 0.0953. The number of nitrogens with two attached hydrogens (primary N) is 1. The Labute approximate surface area is 133 Å². The minimum atomic E-state index is -0.299. The van der Waals surface area contributed by atoms with Crippen LogP contribution in [0.15, 0.2) is 72.8 Å². The molecular formula is C19H15N3O. The van der Waals surface area contributed by atoms with Crippen molar-refractivity contribution in [2.24, 2.45) is 5.84 Å². The van der Waals surface area contributed by atoms with Gasteiger partial charge in [-0.1, -0.05) is 42.5 Å². The number of nitrogens with zero attached hydrogens (tertiary/aromatic N) is 1. The van der Waals surface area contributed by atoms with E-state index < -0.39 is 0 Å². The second-order valence-corrected chi connectivity index (χ2v) is 5.39. The predicted molar refractivity (Wildman–Crippen MR) is 92.4 cm³/mol. The third-order valence-electron chi connectivity index (χ3n) is 4.08. The van der Waals surface area contributed by atoms with E-state index in [1.54, 1.807) is 6.07 Å². The molecule has 0 saturated heterocycles. The first-order valence-electron chi connectivity index (χ1n) is 7.39. The third-order valence-corrected chi connectivity index (χ3v) is 4.08. The van der Waals surface area contributed by atoms with E-state index in [4.69, 9.17) is 5.84 Å². The fraction of sp³-hybridized carbons (Fsp3) is 0. The average Bonchev–Trinajstić information content (AvgIpc) is 2.96. The largest absolute Gasteiger partial charge is 0.309 e. The summed E-state index contributed by atoms with van der Waals surface area (Å²) in [6.07, 6.45) is 0. The van der Waals surface area contributed by atoms with Gasteiger partial charge in [-0.25, -0.2) is 5.84 Å². The molecule has 112 valence electrons. The van der Waals surface area contributed by atoms with Crippen molar-refractivity contribution in [3.63, 3.8) is 0 Å². The predicted octanol–water partition coefficient (Wildman–Crippen LogP) is 3.39. The van der Waals surface area contributed by atoms with Gasteiger partial charge in [0.1, 0.15) is 0 Å². The molecular weight excluding hydrogens is 286 g/mol.